The third-order valence-electron chi connectivity index (χ3n) is 4.93. The first-order valence-electron chi connectivity index (χ1n) is 8.60. The molecule has 1 N–H and O–H groups in total. The van der Waals surface area contributed by atoms with Crippen molar-refractivity contribution in [3.05, 3.63) is 46.8 Å². The van der Waals surface area contributed by atoms with Crippen molar-refractivity contribution in [1.82, 2.24) is 10.5 Å². The first-order valence-corrected chi connectivity index (χ1v) is 8.60. The molecule has 4 nitrogen and oxygen atoms in total. The maximum absolute atomic E-state index is 5.50. The van der Waals surface area contributed by atoms with Gasteiger partial charge in [0.1, 0.15) is 5.75 Å². The van der Waals surface area contributed by atoms with Gasteiger partial charge in [-0.1, -0.05) is 25.1 Å². The lowest BCUT2D eigenvalue weighted by Crippen LogP contribution is -2.18. The third-order valence-corrected chi connectivity index (χ3v) is 4.93. The van der Waals surface area contributed by atoms with Crippen molar-refractivity contribution in [2.24, 2.45) is 0 Å². The van der Waals surface area contributed by atoms with Crippen LogP contribution in [0, 0.1) is 0 Å². The number of fused-ring (bicyclic) bond motifs is 1. The minimum Gasteiger partial charge on any atom is -0.497 e. The van der Waals surface area contributed by atoms with Crippen molar-refractivity contribution in [1.29, 1.82) is 0 Å². The highest BCUT2D eigenvalue weighted by atomic mass is 16.5. The summed E-state index contributed by atoms with van der Waals surface area (Å²) in [4.78, 5) is 0. The summed E-state index contributed by atoms with van der Waals surface area (Å²) in [6.07, 6.45) is 4.44. The molecule has 1 aliphatic carbocycles. The van der Waals surface area contributed by atoms with Crippen LogP contribution in [0.25, 0.3) is 0 Å². The summed E-state index contributed by atoms with van der Waals surface area (Å²) in [5, 5.41) is 7.84. The molecule has 1 atom stereocenters. The quantitative estimate of drug-likeness (QED) is 0.824. The highest BCUT2D eigenvalue weighted by Gasteiger charge is 2.23. The lowest BCUT2D eigenvalue weighted by atomic mass is 9.99. The van der Waals surface area contributed by atoms with E-state index in [-0.39, 0.29) is 0 Å². The predicted octanol–water partition coefficient (Wildman–Crippen LogP) is 4.36. The monoisotopic (exact) mass is 314 g/mol. The van der Waals surface area contributed by atoms with E-state index in [9.17, 15) is 0 Å². The average molecular weight is 314 g/mol. The summed E-state index contributed by atoms with van der Waals surface area (Å²) in [6, 6.07) is 8.83. The summed E-state index contributed by atoms with van der Waals surface area (Å²) in [6.45, 7) is 5.11. The molecule has 4 heteroatoms. The normalized spacial score (nSPS) is 16.8. The zero-order chi connectivity index (χ0) is 16.2. The highest BCUT2D eigenvalue weighted by Crippen LogP contribution is 2.34. The van der Waals surface area contributed by atoms with Crippen molar-refractivity contribution in [3.63, 3.8) is 0 Å². The molecule has 0 saturated carbocycles. The number of methoxy groups -OCH3 is 1. The van der Waals surface area contributed by atoms with Crippen LogP contribution in [0.4, 0.5) is 0 Å². The Hall–Kier alpha value is -1.81. The number of benzene rings is 1. The molecule has 1 aromatic heterocycles. The van der Waals surface area contributed by atoms with Crippen molar-refractivity contribution in [2.75, 3.05) is 7.11 Å². The molecular formula is C19H26N2O2. The number of rotatable bonds is 7. The van der Waals surface area contributed by atoms with E-state index in [4.69, 9.17) is 9.26 Å². The fourth-order valence-electron chi connectivity index (χ4n) is 3.45. The molecule has 3 rings (SSSR count). The molecule has 23 heavy (non-hydrogen) atoms. The number of nitrogens with one attached hydrogen (secondary N) is 1. The van der Waals surface area contributed by atoms with Crippen molar-refractivity contribution in [3.8, 4) is 5.75 Å². The molecule has 1 heterocycles. The lowest BCUT2D eigenvalue weighted by molar-refractivity contribution is 0.353. The number of ether oxygens (including phenoxy) is 1. The van der Waals surface area contributed by atoms with Crippen LogP contribution < -0.4 is 10.1 Å². The Morgan fingerprint density at radius 1 is 1.30 bits per heavy atom. The number of hydrogen-bond acceptors (Lipinski definition) is 4. The van der Waals surface area contributed by atoms with Gasteiger partial charge in [-0.05, 0) is 48.9 Å². The average Bonchev–Trinajstić information content (AvgIpc) is 3.20. The Bertz CT molecular complexity index is 647. The van der Waals surface area contributed by atoms with E-state index < -0.39 is 0 Å². The second-order valence-electron chi connectivity index (χ2n) is 6.27. The molecule has 0 radical (unpaired) electrons. The van der Waals surface area contributed by atoms with Gasteiger partial charge in [0.05, 0.1) is 19.3 Å². The smallest absolute Gasteiger partial charge is 0.150 e. The van der Waals surface area contributed by atoms with Gasteiger partial charge < -0.3 is 14.6 Å². The topological polar surface area (TPSA) is 47.3 Å². The maximum Gasteiger partial charge on any atom is 0.150 e. The van der Waals surface area contributed by atoms with Crippen LogP contribution in [0.5, 0.6) is 5.75 Å². The molecular weight excluding hydrogens is 288 g/mol. The fraction of sp³-hybridized carbons (Fsp3) is 0.526. The standard InChI is InChI=1S/C19H26N2O2/c1-4-13(5-2)19-11-16(23-21-19)12-20-18-9-7-14-6-8-15(22-3)10-17(14)18/h6,8,10-11,13,18,20H,4-5,7,9,12H2,1-3H3. The Balaban J connectivity index is 1.64. The number of aromatic nitrogens is 1. The van der Waals surface area contributed by atoms with E-state index in [1.807, 2.05) is 6.07 Å². The SMILES string of the molecule is CCC(CC)c1cc(CNC2CCc3ccc(OC)cc32)on1. The number of nitrogens with zero attached hydrogens (tertiary/aromatic N) is 1. The Kier molecular flexibility index (Phi) is 5.01. The summed E-state index contributed by atoms with van der Waals surface area (Å²) >= 11 is 0. The first kappa shape index (κ1) is 16.1. The van der Waals surface area contributed by atoms with Crippen LogP contribution in [0.15, 0.2) is 28.8 Å². The minimum atomic E-state index is 0.363. The molecule has 0 amide bonds. The summed E-state index contributed by atoms with van der Waals surface area (Å²) in [7, 11) is 1.72. The van der Waals surface area contributed by atoms with Gasteiger partial charge >= 0.3 is 0 Å². The fourth-order valence-corrected chi connectivity index (χ4v) is 3.45. The zero-order valence-corrected chi connectivity index (χ0v) is 14.3. The van der Waals surface area contributed by atoms with Crippen LogP contribution >= 0.6 is 0 Å². The highest BCUT2D eigenvalue weighted by molar-refractivity contribution is 5.40. The Morgan fingerprint density at radius 2 is 2.13 bits per heavy atom. The molecule has 0 aliphatic heterocycles. The van der Waals surface area contributed by atoms with Crippen LogP contribution in [0.2, 0.25) is 0 Å². The van der Waals surface area contributed by atoms with Gasteiger partial charge in [-0.2, -0.15) is 0 Å². The molecule has 1 aliphatic rings. The molecule has 0 saturated heterocycles. The van der Waals surface area contributed by atoms with E-state index in [0.29, 0.717) is 18.5 Å². The summed E-state index contributed by atoms with van der Waals surface area (Å²) in [5.74, 6) is 2.35. The number of hydrogen-bond donors (Lipinski definition) is 1. The van der Waals surface area contributed by atoms with E-state index in [2.05, 4.69) is 42.5 Å². The van der Waals surface area contributed by atoms with Crippen molar-refractivity contribution in [2.45, 2.75) is 58.0 Å². The molecule has 0 fully saturated rings. The first-order chi connectivity index (χ1) is 11.2. The van der Waals surface area contributed by atoms with Crippen molar-refractivity contribution < 1.29 is 9.26 Å². The molecule has 0 bridgehead atoms. The maximum atomic E-state index is 5.50. The van der Waals surface area contributed by atoms with Gasteiger partial charge in [-0.25, -0.2) is 0 Å². The molecule has 0 spiro atoms. The van der Waals surface area contributed by atoms with E-state index >= 15 is 0 Å². The predicted molar refractivity (Wildman–Crippen MR) is 90.7 cm³/mol. The summed E-state index contributed by atoms with van der Waals surface area (Å²) in [5.41, 5.74) is 3.85. The second-order valence-corrected chi connectivity index (χ2v) is 6.27. The Morgan fingerprint density at radius 3 is 2.87 bits per heavy atom. The van der Waals surface area contributed by atoms with Gasteiger partial charge in [0.2, 0.25) is 0 Å². The van der Waals surface area contributed by atoms with E-state index in [1.165, 1.54) is 11.1 Å². The van der Waals surface area contributed by atoms with Crippen LogP contribution in [0.1, 0.15) is 67.7 Å². The van der Waals surface area contributed by atoms with Crippen LogP contribution in [0.3, 0.4) is 0 Å². The van der Waals surface area contributed by atoms with Crippen LogP contribution in [-0.2, 0) is 13.0 Å². The summed E-state index contributed by atoms with van der Waals surface area (Å²) < 4.78 is 10.9. The third kappa shape index (κ3) is 3.42. The number of aryl methyl sites for hydroxylation is 1. The largest absolute Gasteiger partial charge is 0.497 e. The minimum absolute atomic E-state index is 0.363. The van der Waals surface area contributed by atoms with Crippen LogP contribution in [-0.4, -0.2) is 12.3 Å². The molecule has 1 unspecified atom stereocenters. The zero-order valence-electron chi connectivity index (χ0n) is 14.3. The van der Waals surface area contributed by atoms with Gasteiger partial charge in [0.15, 0.2) is 5.76 Å². The van der Waals surface area contributed by atoms with Gasteiger partial charge in [0.25, 0.3) is 0 Å². The second kappa shape index (κ2) is 7.18. The van der Waals surface area contributed by atoms with Gasteiger partial charge in [0, 0.05) is 18.0 Å². The van der Waals surface area contributed by atoms with E-state index in [1.54, 1.807) is 7.11 Å². The Labute approximate surface area is 138 Å². The van der Waals surface area contributed by atoms with Crippen molar-refractivity contribution >= 4 is 0 Å². The lowest BCUT2D eigenvalue weighted by Gasteiger charge is -2.13. The van der Waals surface area contributed by atoms with E-state index in [0.717, 1.165) is 42.9 Å². The van der Waals surface area contributed by atoms with Gasteiger partial charge in [-0.3, -0.25) is 0 Å². The van der Waals surface area contributed by atoms with Gasteiger partial charge in [-0.15, -0.1) is 0 Å². The molecule has 124 valence electrons. The molecule has 1 aromatic carbocycles. The molecule has 2 aromatic rings.